The molecule has 1 aromatic carbocycles. The summed E-state index contributed by atoms with van der Waals surface area (Å²) in [6.07, 6.45) is 3.87. The molecule has 200 valence electrons. The number of pyridine rings is 1. The standard InChI is InChI=1S/C24H30N4O2.C2HF3O2/c25-23(29)22-21(17-6-2-1-3-7-17)13-15-28(22)20-11-9-18(10-12-20)24(30)27-16-19-8-4-5-14-26-19;3-2(4,5)1(6)7/h4-5,8-12,14,17,21-22H,1-3,6-7,13,15-16H2,(H2,25,29)(H,27,30);(H,6,7)/t21-,22-;/m0./s1. The van der Waals surface area contributed by atoms with E-state index < -0.39 is 12.1 Å². The highest BCUT2D eigenvalue weighted by molar-refractivity contribution is 5.94. The molecular formula is C26H31F3N4O4. The topological polar surface area (TPSA) is 126 Å². The minimum atomic E-state index is -5.08. The van der Waals surface area contributed by atoms with Crippen molar-refractivity contribution >= 4 is 23.5 Å². The fourth-order valence-corrected chi connectivity index (χ4v) is 5.11. The quantitative estimate of drug-likeness (QED) is 0.530. The molecule has 11 heteroatoms. The van der Waals surface area contributed by atoms with Gasteiger partial charge in [0, 0.05) is 24.0 Å². The van der Waals surface area contributed by atoms with Crippen molar-refractivity contribution in [3.63, 3.8) is 0 Å². The molecular weight excluding hydrogens is 489 g/mol. The Labute approximate surface area is 213 Å². The molecule has 2 amide bonds. The Bertz CT molecular complexity index is 1060. The van der Waals surface area contributed by atoms with Crippen molar-refractivity contribution in [1.82, 2.24) is 10.3 Å². The number of hydrogen-bond acceptors (Lipinski definition) is 5. The number of aliphatic carboxylic acids is 1. The highest BCUT2D eigenvalue weighted by atomic mass is 19.4. The molecule has 4 rings (SSSR count). The van der Waals surface area contributed by atoms with Crippen molar-refractivity contribution in [2.24, 2.45) is 17.6 Å². The summed E-state index contributed by atoms with van der Waals surface area (Å²) >= 11 is 0. The molecule has 0 bridgehead atoms. The Kier molecular flexibility index (Phi) is 9.48. The maximum Gasteiger partial charge on any atom is 0.490 e. The Balaban J connectivity index is 0.000000479. The molecule has 2 fully saturated rings. The van der Waals surface area contributed by atoms with E-state index in [1.54, 1.807) is 6.20 Å². The largest absolute Gasteiger partial charge is 0.490 e. The summed E-state index contributed by atoms with van der Waals surface area (Å²) in [5.74, 6) is -2.20. The first-order valence-corrected chi connectivity index (χ1v) is 12.2. The molecule has 2 heterocycles. The van der Waals surface area contributed by atoms with E-state index in [9.17, 15) is 22.8 Å². The molecule has 2 atom stereocenters. The number of hydrogen-bond donors (Lipinski definition) is 3. The minimum Gasteiger partial charge on any atom is -0.475 e. The third-order valence-corrected chi connectivity index (χ3v) is 6.85. The molecule has 1 aromatic heterocycles. The number of carboxylic acids is 1. The number of nitrogens with one attached hydrogen (secondary N) is 1. The van der Waals surface area contributed by atoms with Gasteiger partial charge in [0.25, 0.3) is 5.91 Å². The molecule has 1 saturated heterocycles. The summed E-state index contributed by atoms with van der Waals surface area (Å²) in [6.45, 7) is 1.22. The summed E-state index contributed by atoms with van der Waals surface area (Å²) in [5, 5.41) is 10.0. The number of halogens is 3. The summed E-state index contributed by atoms with van der Waals surface area (Å²) in [7, 11) is 0. The number of aromatic nitrogens is 1. The number of carbonyl (C=O) groups is 3. The fraction of sp³-hybridized carbons (Fsp3) is 0.462. The number of rotatable bonds is 6. The number of nitrogens with zero attached hydrogens (tertiary/aromatic N) is 2. The van der Waals surface area contributed by atoms with Gasteiger partial charge in [-0.25, -0.2) is 4.79 Å². The lowest BCUT2D eigenvalue weighted by Crippen LogP contribution is -2.46. The van der Waals surface area contributed by atoms with Crippen LogP contribution in [-0.4, -0.2) is 46.6 Å². The van der Waals surface area contributed by atoms with Crippen LogP contribution >= 0.6 is 0 Å². The molecule has 0 radical (unpaired) electrons. The van der Waals surface area contributed by atoms with E-state index in [0.29, 0.717) is 23.9 Å². The van der Waals surface area contributed by atoms with E-state index in [-0.39, 0.29) is 17.9 Å². The van der Waals surface area contributed by atoms with Gasteiger partial charge >= 0.3 is 12.1 Å². The number of benzene rings is 1. The number of carbonyl (C=O) groups excluding carboxylic acids is 2. The van der Waals surface area contributed by atoms with Gasteiger partial charge in [0.2, 0.25) is 5.91 Å². The van der Waals surface area contributed by atoms with Crippen LogP contribution in [0.15, 0.2) is 48.7 Å². The van der Waals surface area contributed by atoms with Crippen LogP contribution in [0.5, 0.6) is 0 Å². The number of nitrogens with two attached hydrogens (primary N) is 1. The predicted molar refractivity (Wildman–Crippen MR) is 131 cm³/mol. The molecule has 8 nitrogen and oxygen atoms in total. The van der Waals surface area contributed by atoms with Crippen LogP contribution in [0.1, 0.15) is 54.6 Å². The molecule has 4 N–H and O–H groups in total. The second kappa shape index (κ2) is 12.6. The summed E-state index contributed by atoms with van der Waals surface area (Å²) in [5.41, 5.74) is 8.21. The third-order valence-electron chi connectivity index (χ3n) is 6.85. The van der Waals surface area contributed by atoms with Crippen LogP contribution in [0.2, 0.25) is 0 Å². The smallest absolute Gasteiger partial charge is 0.475 e. The lowest BCUT2D eigenvalue weighted by Gasteiger charge is -2.33. The normalized spacial score (nSPS) is 20.0. The van der Waals surface area contributed by atoms with Crippen LogP contribution in [0, 0.1) is 11.8 Å². The Morgan fingerprint density at radius 3 is 2.22 bits per heavy atom. The van der Waals surface area contributed by atoms with Crippen LogP contribution in [-0.2, 0) is 16.1 Å². The number of primary amides is 1. The zero-order valence-corrected chi connectivity index (χ0v) is 20.3. The lowest BCUT2D eigenvalue weighted by atomic mass is 9.76. The van der Waals surface area contributed by atoms with Crippen molar-refractivity contribution in [2.75, 3.05) is 11.4 Å². The monoisotopic (exact) mass is 520 g/mol. The zero-order chi connectivity index (χ0) is 27.0. The molecule has 2 aromatic rings. The molecule has 2 aliphatic rings. The maximum atomic E-state index is 12.5. The molecule has 0 unspecified atom stereocenters. The van der Waals surface area contributed by atoms with E-state index in [2.05, 4.69) is 15.2 Å². The first-order chi connectivity index (χ1) is 17.6. The van der Waals surface area contributed by atoms with E-state index in [1.165, 1.54) is 32.1 Å². The number of carboxylic acid groups (broad SMARTS) is 1. The first kappa shape index (κ1) is 27.9. The Hall–Kier alpha value is -3.63. The highest BCUT2D eigenvalue weighted by Gasteiger charge is 2.42. The maximum absolute atomic E-state index is 12.5. The molecule has 1 aliphatic heterocycles. The predicted octanol–water partition coefficient (Wildman–Crippen LogP) is 3.91. The van der Waals surface area contributed by atoms with E-state index >= 15 is 0 Å². The summed E-state index contributed by atoms with van der Waals surface area (Å²) in [4.78, 5) is 40.0. The third kappa shape index (κ3) is 7.68. The summed E-state index contributed by atoms with van der Waals surface area (Å²) in [6, 6.07) is 12.9. The second-order valence-corrected chi connectivity index (χ2v) is 9.24. The van der Waals surface area contributed by atoms with Crippen molar-refractivity contribution in [3.05, 3.63) is 59.9 Å². The number of amides is 2. The van der Waals surface area contributed by atoms with Gasteiger partial charge in [0.1, 0.15) is 6.04 Å². The summed E-state index contributed by atoms with van der Waals surface area (Å²) < 4.78 is 31.7. The Morgan fingerprint density at radius 1 is 1.03 bits per heavy atom. The van der Waals surface area contributed by atoms with E-state index in [1.807, 2.05) is 42.5 Å². The van der Waals surface area contributed by atoms with Gasteiger partial charge in [-0.15, -0.1) is 0 Å². The van der Waals surface area contributed by atoms with Crippen LogP contribution in [0.25, 0.3) is 0 Å². The van der Waals surface area contributed by atoms with Gasteiger partial charge in [0.05, 0.1) is 12.2 Å². The molecule has 1 saturated carbocycles. The van der Waals surface area contributed by atoms with Crippen LogP contribution < -0.4 is 16.0 Å². The fourth-order valence-electron chi connectivity index (χ4n) is 5.11. The Morgan fingerprint density at radius 2 is 1.68 bits per heavy atom. The van der Waals surface area contributed by atoms with Crippen LogP contribution in [0.3, 0.4) is 0 Å². The zero-order valence-electron chi connectivity index (χ0n) is 20.3. The lowest BCUT2D eigenvalue weighted by molar-refractivity contribution is -0.192. The second-order valence-electron chi connectivity index (χ2n) is 9.24. The molecule has 37 heavy (non-hydrogen) atoms. The van der Waals surface area contributed by atoms with Gasteiger partial charge in [-0.05, 0) is 54.7 Å². The van der Waals surface area contributed by atoms with E-state index in [4.69, 9.17) is 15.6 Å². The van der Waals surface area contributed by atoms with Gasteiger partial charge in [-0.3, -0.25) is 14.6 Å². The molecule has 0 spiro atoms. The van der Waals surface area contributed by atoms with Gasteiger partial charge in [0.15, 0.2) is 0 Å². The van der Waals surface area contributed by atoms with Crippen molar-refractivity contribution in [1.29, 1.82) is 0 Å². The van der Waals surface area contributed by atoms with Crippen LogP contribution in [0.4, 0.5) is 18.9 Å². The molecule has 1 aliphatic carbocycles. The van der Waals surface area contributed by atoms with Crippen molar-refractivity contribution in [3.8, 4) is 0 Å². The number of anilines is 1. The number of alkyl halides is 3. The van der Waals surface area contributed by atoms with Crippen molar-refractivity contribution < 1.29 is 32.7 Å². The average Bonchev–Trinajstić information content (AvgIpc) is 3.34. The highest BCUT2D eigenvalue weighted by Crippen LogP contribution is 2.40. The first-order valence-electron chi connectivity index (χ1n) is 12.2. The minimum absolute atomic E-state index is 0.139. The van der Waals surface area contributed by atoms with Crippen molar-refractivity contribution in [2.45, 2.75) is 57.3 Å². The van der Waals surface area contributed by atoms with Gasteiger partial charge in [-0.2, -0.15) is 13.2 Å². The van der Waals surface area contributed by atoms with Gasteiger partial charge in [-0.1, -0.05) is 38.2 Å². The van der Waals surface area contributed by atoms with Gasteiger partial charge < -0.3 is 21.1 Å². The van der Waals surface area contributed by atoms with E-state index in [0.717, 1.165) is 24.3 Å². The SMILES string of the molecule is NC(=O)[C@@H]1[C@H](C2CCCCC2)CCN1c1ccc(C(=O)NCc2ccccn2)cc1.O=C(O)C(F)(F)F. The average molecular weight is 521 g/mol.